The van der Waals surface area contributed by atoms with Gasteiger partial charge in [-0.25, -0.2) is 0 Å². The van der Waals surface area contributed by atoms with Gasteiger partial charge in [0.05, 0.1) is 24.4 Å². The van der Waals surface area contributed by atoms with Gasteiger partial charge in [0.15, 0.2) is 5.76 Å². The fraction of sp³-hybridized carbons (Fsp3) is 0.310. The number of likely N-dealkylation sites (tertiary alicyclic amines) is 1. The molecule has 0 bridgehead atoms. The van der Waals surface area contributed by atoms with Crippen LogP contribution in [0.15, 0.2) is 77.7 Å². The molecule has 1 saturated heterocycles. The van der Waals surface area contributed by atoms with Crippen molar-refractivity contribution >= 4 is 22.8 Å². The van der Waals surface area contributed by atoms with Crippen LogP contribution in [-0.2, 0) is 6.42 Å². The molecule has 1 aliphatic heterocycles. The van der Waals surface area contributed by atoms with Crippen molar-refractivity contribution in [3.63, 3.8) is 0 Å². The van der Waals surface area contributed by atoms with Crippen LogP contribution in [0.4, 0.5) is 0 Å². The first-order chi connectivity index (χ1) is 18.0. The zero-order valence-corrected chi connectivity index (χ0v) is 21.0. The summed E-state index contributed by atoms with van der Waals surface area (Å²) in [6.07, 6.45) is 7.06. The maximum absolute atomic E-state index is 13.3. The molecule has 0 radical (unpaired) electrons. The van der Waals surface area contributed by atoms with Gasteiger partial charge in [0.25, 0.3) is 11.8 Å². The van der Waals surface area contributed by atoms with E-state index in [4.69, 9.17) is 9.15 Å². The summed E-state index contributed by atoms with van der Waals surface area (Å²) < 4.78 is 10.8. The Morgan fingerprint density at radius 1 is 1.05 bits per heavy atom. The fourth-order valence-electron chi connectivity index (χ4n) is 5.15. The van der Waals surface area contributed by atoms with E-state index in [9.17, 15) is 9.59 Å². The molecule has 2 amide bonds. The van der Waals surface area contributed by atoms with Gasteiger partial charge in [-0.1, -0.05) is 12.1 Å². The van der Waals surface area contributed by atoms with Crippen LogP contribution in [0.25, 0.3) is 11.0 Å². The van der Waals surface area contributed by atoms with Crippen LogP contribution in [0.2, 0.25) is 0 Å². The highest BCUT2D eigenvalue weighted by Crippen LogP contribution is 2.29. The minimum atomic E-state index is -0.145. The van der Waals surface area contributed by atoms with Crippen LogP contribution in [0, 0.1) is 5.92 Å². The molecule has 1 fully saturated rings. The quantitative estimate of drug-likeness (QED) is 0.374. The van der Waals surface area contributed by atoms with Crippen molar-refractivity contribution in [3.05, 3.63) is 90.1 Å². The summed E-state index contributed by atoms with van der Waals surface area (Å²) in [5, 5.41) is 0. The number of rotatable bonds is 7. The van der Waals surface area contributed by atoms with E-state index in [2.05, 4.69) is 16.0 Å². The molecule has 0 N–H and O–H groups in total. The molecule has 37 heavy (non-hydrogen) atoms. The van der Waals surface area contributed by atoms with Gasteiger partial charge in [0, 0.05) is 44.1 Å². The van der Waals surface area contributed by atoms with Crippen molar-refractivity contribution in [1.29, 1.82) is 0 Å². The third-order valence-corrected chi connectivity index (χ3v) is 7.22. The Balaban J connectivity index is 1.32. The number of ether oxygens (including phenoxy) is 1. The third-order valence-electron chi connectivity index (χ3n) is 7.22. The summed E-state index contributed by atoms with van der Waals surface area (Å²) in [6, 6.07) is 16.8. The summed E-state index contributed by atoms with van der Waals surface area (Å²) in [5.41, 5.74) is 3.19. The maximum atomic E-state index is 13.3. The zero-order valence-electron chi connectivity index (χ0n) is 21.0. The maximum Gasteiger partial charge on any atom is 0.289 e. The number of amides is 2. The Labute approximate surface area is 215 Å². The number of likely N-dealkylation sites (N-methyl/N-ethyl adjacent to an activating group) is 1. The molecule has 2 aromatic carbocycles. The van der Waals surface area contributed by atoms with E-state index < -0.39 is 0 Å². The van der Waals surface area contributed by atoms with Crippen molar-refractivity contribution in [2.75, 3.05) is 27.2 Å². The summed E-state index contributed by atoms with van der Waals surface area (Å²) in [6.45, 7) is 1.25. The SMILES string of the molecule is COc1cccc(C[C@@H](C2CCN(C(=O)c3ccc4nccnc4c3)CC2)N(C)C(=O)c2ccco2)c1. The summed E-state index contributed by atoms with van der Waals surface area (Å²) in [5.74, 6) is 1.19. The highest BCUT2D eigenvalue weighted by molar-refractivity contribution is 5.97. The van der Waals surface area contributed by atoms with Crippen LogP contribution in [-0.4, -0.2) is 64.9 Å². The second-order valence-corrected chi connectivity index (χ2v) is 9.41. The van der Waals surface area contributed by atoms with Crippen molar-refractivity contribution in [1.82, 2.24) is 19.8 Å². The van der Waals surface area contributed by atoms with E-state index in [0.29, 0.717) is 36.4 Å². The Morgan fingerprint density at radius 2 is 1.84 bits per heavy atom. The molecular weight excluding hydrogens is 468 g/mol. The highest BCUT2D eigenvalue weighted by atomic mass is 16.5. The van der Waals surface area contributed by atoms with Crippen molar-refractivity contribution in [3.8, 4) is 5.75 Å². The molecule has 1 atom stereocenters. The molecule has 4 aromatic rings. The number of aromatic nitrogens is 2. The average molecular weight is 499 g/mol. The summed E-state index contributed by atoms with van der Waals surface area (Å²) >= 11 is 0. The molecule has 0 spiro atoms. The monoisotopic (exact) mass is 498 g/mol. The second-order valence-electron chi connectivity index (χ2n) is 9.41. The van der Waals surface area contributed by atoms with E-state index in [1.54, 1.807) is 42.6 Å². The molecule has 8 nitrogen and oxygen atoms in total. The predicted octanol–water partition coefficient (Wildman–Crippen LogP) is 4.47. The molecule has 8 heteroatoms. The molecule has 190 valence electrons. The number of carbonyl (C=O) groups excluding carboxylic acids is 2. The lowest BCUT2D eigenvalue weighted by atomic mass is 9.84. The van der Waals surface area contributed by atoms with Crippen LogP contribution in [0.5, 0.6) is 5.75 Å². The lowest BCUT2D eigenvalue weighted by Gasteiger charge is -2.40. The first-order valence-electron chi connectivity index (χ1n) is 12.5. The third kappa shape index (κ3) is 5.33. The summed E-state index contributed by atoms with van der Waals surface area (Å²) in [7, 11) is 3.49. The molecule has 1 aliphatic rings. The Bertz CT molecular complexity index is 1380. The van der Waals surface area contributed by atoms with E-state index in [1.165, 1.54) is 6.26 Å². The number of piperidine rings is 1. The van der Waals surface area contributed by atoms with E-state index >= 15 is 0 Å². The molecule has 0 saturated carbocycles. The highest BCUT2D eigenvalue weighted by Gasteiger charge is 2.34. The normalized spacial score (nSPS) is 14.9. The van der Waals surface area contributed by atoms with Gasteiger partial charge in [-0.2, -0.15) is 0 Å². The lowest BCUT2D eigenvalue weighted by molar-refractivity contribution is 0.0505. The van der Waals surface area contributed by atoms with Gasteiger partial charge < -0.3 is 19.0 Å². The zero-order chi connectivity index (χ0) is 25.8. The Morgan fingerprint density at radius 3 is 2.57 bits per heavy atom. The van der Waals surface area contributed by atoms with Crippen LogP contribution in [0.3, 0.4) is 0 Å². The predicted molar refractivity (Wildman–Crippen MR) is 139 cm³/mol. The van der Waals surface area contributed by atoms with Gasteiger partial charge in [-0.05, 0) is 73.2 Å². The van der Waals surface area contributed by atoms with Crippen LogP contribution < -0.4 is 4.74 Å². The van der Waals surface area contributed by atoms with E-state index in [-0.39, 0.29) is 23.8 Å². The Kier molecular flexibility index (Phi) is 7.16. The molecule has 2 aromatic heterocycles. The topological polar surface area (TPSA) is 88.8 Å². The van der Waals surface area contributed by atoms with Crippen molar-refractivity contribution in [2.24, 2.45) is 5.92 Å². The van der Waals surface area contributed by atoms with E-state index in [1.807, 2.05) is 42.3 Å². The minimum Gasteiger partial charge on any atom is -0.497 e. The number of hydrogen-bond donors (Lipinski definition) is 0. The minimum absolute atomic E-state index is 0.00429. The lowest BCUT2D eigenvalue weighted by Crippen LogP contribution is -2.48. The summed E-state index contributed by atoms with van der Waals surface area (Å²) in [4.78, 5) is 38.8. The van der Waals surface area contributed by atoms with Crippen molar-refractivity contribution in [2.45, 2.75) is 25.3 Å². The van der Waals surface area contributed by atoms with Gasteiger partial charge in [-0.3, -0.25) is 19.6 Å². The fourth-order valence-corrected chi connectivity index (χ4v) is 5.15. The van der Waals surface area contributed by atoms with Gasteiger partial charge >= 0.3 is 0 Å². The Hall–Kier alpha value is -4.20. The first-order valence-corrected chi connectivity index (χ1v) is 12.5. The number of hydrogen-bond acceptors (Lipinski definition) is 6. The molecule has 3 heterocycles. The molecular formula is C29H30N4O4. The number of fused-ring (bicyclic) bond motifs is 1. The first kappa shape index (κ1) is 24.5. The largest absolute Gasteiger partial charge is 0.497 e. The number of methoxy groups -OCH3 is 1. The number of carbonyl (C=O) groups is 2. The van der Waals surface area contributed by atoms with Crippen LogP contribution >= 0.6 is 0 Å². The van der Waals surface area contributed by atoms with E-state index in [0.717, 1.165) is 29.7 Å². The standard InChI is InChI=1S/C29H30N4O4/c1-32(29(35)27-7-4-16-37-27)26(18-20-5-3-6-23(17-20)36-2)21-10-14-33(15-11-21)28(34)22-8-9-24-25(19-22)31-13-12-30-24/h3-9,12-13,16-17,19,21,26H,10-11,14-15,18H2,1-2H3/t26-/m0/s1. The number of benzene rings is 2. The number of furan rings is 1. The smallest absolute Gasteiger partial charge is 0.289 e. The molecule has 5 rings (SSSR count). The van der Waals surface area contributed by atoms with Gasteiger partial charge in [0.1, 0.15) is 5.75 Å². The van der Waals surface area contributed by atoms with Crippen molar-refractivity contribution < 1.29 is 18.7 Å². The second kappa shape index (κ2) is 10.8. The van der Waals surface area contributed by atoms with Gasteiger partial charge in [-0.15, -0.1) is 0 Å². The molecule has 0 aliphatic carbocycles. The molecule has 0 unspecified atom stereocenters. The number of nitrogens with zero attached hydrogens (tertiary/aromatic N) is 4. The van der Waals surface area contributed by atoms with Gasteiger partial charge in [0.2, 0.25) is 0 Å². The average Bonchev–Trinajstić information content (AvgIpc) is 3.50. The van der Waals surface area contributed by atoms with Crippen LogP contribution in [0.1, 0.15) is 39.3 Å².